The Bertz CT molecular complexity index is 494. The molecule has 2 rings (SSSR count). The lowest BCUT2D eigenvalue weighted by molar-refractivity contribution is 0.588. The van der Waals surface area contributed by atoms with Gasteiger partial charge in [0.05, 0.1) is 4.34 Å². The van der Waals surface area contributed by atoms with E-state index >= 15 is 0 Å². The first-order valence-electron chi connectivity index (χ1n) is 5.58. The van der Waals surface area contributed by atoms with Crippen molar-refractivity contribution >= 4 is 22.9 Å². The second-order valence-electron chi connectivity index (χ2n) is 4.22. The van der Waals surface area contributed by atoms with Gasteiger partial charge in [0.1, 0.15) is 0 Å². The van der Waals surface area contributed by atoms with E-state index in [0.29, 0.717) is 6.04 Å². The van der Waals surface area contributed by atoms with Crippen LogP contribution >= 0.6 is 22.9 Å². The van der Waals surface area contributed by atoms with Crippen molar-refractivity contribution in [3.05, 3.63) is 40.5 Å². The van der Waals surface area contributed by atoms with Crippen molar-refractivity contribution in [2.45, 2.75) is 26.4 Å². The Morgan fingerprint density at radius 3 is 2.82 bits per heavy atom. The molecule has 0 amide bonds. The van der Waals surface area contributed by atoms with Crippen LogP contribution in [0.4, 0.5) is 0 Å². The summed E-state index contributed by atoms with van der Waals surface area (Å²) in [6, 6.07) is 6.59. The molecule has 90 valence electrons. The zero-order chi connectivity index (χ0) is 12.3. The second-order valence-corrected chi connectivity index (χ2v) is 5.94. The molecule has 0 aliphatic rings. The Morgan fingerprint density at radius 1 is 1.35 bits per heavy atom. The van der Waals surface area contributed by atoms with Crippen LogP contribution in [0.1, 0.15) is 19.4 Å². The minimum atomic E-state index is 0.481. The summed E-state index contributed by atoms with van der Waals surface area (Å²) in [4.78, 5) is 5.43. The van der Waals surface area contributed by atoms with Crippen molar-refractivity contribution in [2.75, 3.05) is 0 Å². The summed E-state index contributed by atoms with van der Waals surface area (Å²) in [6.45, 7) is 5.12. The fourth-order valence-electron chi connectivity index (χ4n) is 1.51. The van der Waals surface area contributed by atoms with E-state index in [1.54, 1.807) is 11.3 Å². The molecule has 0 saturated carbocycles. The van der Waals surface area contributed by atoms with Crippen molar-refractivity contribution in [2.24, 2.45) is 0 Å². The fraction of sp³-hybridized carbons (Fsp3) is 0.308. The number of aromatic nitrogens is 1. The Labute approximate surface area is 111 Å². The zero-order valence-electron chi connectivity index (χ0n) is 9.90. The van der Waals surface area contributed by atoms with Crippen LogP contribution < -0.4 is 5.32 Å². The molecule has 0 atom stereocenters. The summed E-state index contributed by atoms with van der Waals surface area (Å²) in [5.41, 5.74) is 2.32. The van der Waals surface area contributed by atoms with E-state index in [0.717, 1.165) is 21.3 Å². The van der Waals surface area contributed by atoms with Gasteiger partial charge in [-0.15, -0.1) is 11.3 Å². The number of pyridine rings is 1. The van der Waals surface area contributed by atoms with E-state index in [9.17, 15) is 0 Å². The van der Waals surface area contributed by atoms with Crippen LogP contribution in [0.25, 0.3) is 10.4 Å². The van der Waals surface area contributed by atoms with E-state index in [4.69, 9.17) is 11.6 Å². The largest absolute Gasteiger partial charge is 0.310 e. The fourth-order valence-corrected chi connectivity index (χ4v) is 2.53. The van der Waals surface area contributed by atoms with Crippen LogP contribution in [0, 0.1) is 0 Å². The molecule has 2 nitrogen and oxygen atoms in total. The lowest BCUT2D eigenvalue weighted by atomic mass is 10.2. The average Bonchev–Trinajstić information content (AvgIpc) is 2.74. The molecule has 0 fully saturated rings. The predicted octanol–water partition coefficient (Wildman–Crippen LogP) is 3.96. The molecule has 2 aromatic heterocycles. The minimum absolute atomic E-state index is 0.481. The average molecular weight is 267 g/mol. The number of nitrogens with one attached hydrogen (secondary N) is 1. The van der Waals surface area contributed by atoms with Crippen molar-refractivity contribution in [1.29, 1.82) is 0 Å². The molecular formula is C13H15ClN2S. The van der Waals surface area contributed by atoms with Gasteiger partial charge in [-0.05, 0) is 23.8 Å². The first kappa shape index (κ1) is 12.6. The van der Waals surface area contributed by atoms with Crippen molar-refractivity contribution < 1.29 is 0 Å². The van der Waals surface area contributed by atoms with E-state index in [1.165, 1.54) is 5.56 Å². The quantitative estimate of drug-likeness (QED) is 0.906. The molecule has 0 spiro atoms. The highest BCUT2D eigenvalue weighted by molar-refractivity contribution is 7.19. The third-order valence-electron chi connectivity index (χ3n) is 2.37. The van der Waals surface area contributed by atoms with Gasteiger partial charge in [0.2, 0.25) is 0 Å². The Kier molecular flexibility index (Phi) is 4.15. The predicted molar refractivity (Wildman–Crippen MR) is 74.5 cm³/mol. The monoisotopic (exact) mass is 266 g/mol. The van der Waals surface area contributed by atoms with Crippen molar-refractivity contribution in [3.8, 4) is 10.4 Å². The highest BCUT2D eigenvalue weighted by Crippen LogP contribution is 2.30. The SMILES string of the molecule is CC(C)NCc1cncc(-c2ccc(Cl)s2)c1. The Morgan fingerprint density at radius 2 is 2.18 bits per heavy atom. The molecule has 0 aromatic carbocycles. The molecule has 1 N–H and O–H groups in total. The van der Waals surface area contributed by atoms with Gasteiger partial charge in [-0.25, -0.2) is 0 Å². The molecule has 0 bridgehead atoms. The smallest absolute Gasteiger partial charge is 0.0934 e. The van der Waals surface area contributed by atoms with Gasteiger partial charge in [0, 0.05) is 35.4 Å². The number of nitrogens with zero attached hydrogens (tertiary/aromatic N) is 1. The number of thiophene rings is 1. The third-order valence-corrected chi connectivity index (χ3v) is 3.65. The van der Waals surface area contributed by atoms with Gasteiger partial charge in [0.25, 0.3) is 0 Å². The van der Waals surface area contributed by atoms with Crippen LogP contribution in [0.3, 0.4) is 0 Å². The first-order chi connectivity index (χ1) is 8.15. The highest BCUT2D eigenvalue weighted by atomic mass is 35.5. The van der Waals surface area contributed by atoms with Crippen LogP contribution in [0.15, 0.2) is 30.6 Å². The Balaban J connectivity index is 2.16. The lowest BCUT2D eigenvalue weighted by Crippen LogP contribution is -2.21. The van der Waals surface area contributed by atoms with Crippen molar-refractivity contribution in [1.82, 2.24) is 10.3 Å². The minimum Gasteiger partial charge on any atom is -0.310 e. The highest BCUT2D eigenvalue weighted by Gasteiger charge is 2.03. The summed E-state index contributed by atoms with van der Waals surface area (Å²) < 4.78 is 0.811. The number of rotatable bonds is 4. The second kappa shape index (κ2) is 5.63. The summed E-state index contributed by atoms with van der Waals surface area (Å²) >= 11 is 7.52. The summed E-state index contributed by atoms with van der Waals surface area (Å²) in [5, 5.41) is 3.38. The molecule has 0 saturated heterocycles. The van der Waals surface area contributed by atoms with Gasteiger partial charge >= 0.3 is 0 Å². The van der Waals surface area contributed by atoms with Crippen LogP contribution in [0.5, 0.6) is 0 Å². The Hall–Kier alpha value is -0.900. The van der Waals surface area contributed by atoms with Gasteiger partial charge in [-0.1, -0.05) is 25.4 Å². The molecule has 0 aliphatic carbocycles. The summed E-state index contributed by atoms with van der Waals surface area (Å²) in [5.74, 6) is 0. The third kappa shape index (κ3) is 3.53. The molecule has 0 radical (unpaired) electrons. The topological polar surface area (TPSA) is 24.9 Å². The van der Waals surface area contributed by atoms with Gasteiger partial charge in [0.15, 0.2) is 0 Å². The lowest BCUT2D eigenvalue weighted by Gasteiger charge is -2.08. The molecule has 17 heavy (non-hydrogen) atoms. The van der Waals surface area contributed by atoms with E-state index in [2.05, 4.69) is 30.2 Å². The maximum atomic E-state index is 5.94. The molecule has 4 heteroatoms. The first-order valence-corrected chi connectivity index (χ1v) is 6.77. The maximum Gasteiger partial charge on any atom is 0.0934 e. The standard InChI is InChI=1S/C13H15ClN2S/c1-9(2)16-7-10-5-11(8-15-6-10)12-3-4-13(14)17-12/h3-6,8-9,16H,7H2,1-2H3. The van der Waals surface area contributed by atoms with Gasteiger partial charge < -0.3 is 5.32 Å². The van der Waals surface area contributed by atoms with E-state index in [1.807, 2.05) is 24.5 Å². The van der Waals surface area contributed by atoms with Crippen LogP contribution in [-0.4, -0.2) is 11.0 Å². The zero-order valence-corrected chi connectivity index (χ0v) is 11.5. The molecule has 2 aromatic rings. The number of hydrogen-bond acceptors (Lipinski definition) is 3. The summed E-state index contributed by atoms with van der Waals surface area (Å²) in [6.07, 6.45) is 3.77. The van der Waals surface area contributed by atoms with Crippen molar-refractivity contribution in [3.63, 3.8) is 0 Å². The van der Waals surface area contributed by atoms with Gasteiger partial charge in [-0.2, -0.15) is 0 Å². The molecule has 0 aliphatic heterocycles. The maximum absolute atomic E-state index is 5.94. The molecule has 0 unspecified atom stereocenters. The summed E-state index contributed by atoms with van der Waals surface area (Å²) in [7, 11) is 0. The van der Waals surface area contributed by atoms with Crippen LogP contribution in [0.2, 0.25) is 4.34 Å². The number of hydrogen-bond donors (Lipinski definition) is 1. The van der Waals surface area contributed by atoms with Gasteiger partial charge in [-0.3, -0.25) is 4.98 Å². The number of halogens is 1. The van der Waals surface area contributed by atoms with E-state index < -0.39 is 0 Å². The normalized spacial score (nSPS) is 11.1. The van der Waals surface area contributed by atoms with Crippen LogP contribution in [-0.2, 0) is 6.54 Å². The molecular weight excluding hydrogens is 252 g/mol. The molecule has 2 heterocycles. The van der Waals surface area contributed by atoms with E-state index in [-0.39, 0.29) is 0 Å².